The molecule has 0 fully saturated rings. The first-order chi connectivity index (χ1) is 13.1. The zero-order valence-electron chi connectivity index (χ0n) is 14.9. The van der Waals surface area contributed by atoms with Gasteiger partial charge in [0.05, 0.1) is 17.7 Å². The molecule has 1 aliphatic carbocycles. The van der Waals surface area contributed by atoms with Gasteiger partial charge in [0.1, 0.15) is 5.76 Å². The van der Waals surface area contributed by atoms with Crippen molar-refractivity contribution in [1.29, 1.82) is 0 Å². The Labute approximate surface area is 159 Å². The summed E-state index contributed by atoms with van der Waals surface area (Å²) in [6.45, 7) is 0.577. The Morgan fingerprint density at radius 2 is 1.63 bits per heavy atom. The minimum Gasteiger partial charge on any atom is -0.467 e. The van der Waals surface area contributed by atoms with E-state index in [0.717, 1.165) is 36.3 Å². The minimum atomic E-state index is -3.59. The predicted molar refractivity (Wildman–Crippen MR) is 106 cm³/mol. The Balaban J connectivity index is 1.44. The lowest BCUT2D eigenvalue weighted by atomic mass is 9.92. The van der Waals surface area contributed by atoms with Gasteiger partial charge in [0.2, 0.25) is 0 Å². The summed E-state index contributed by atoms with van der Waals surface area (Å²) in [5.41, 5.74) is 3.85. The molecule has 0 saturated carbocycles. The largest absolute Gasteiger partial charge is 0.467 e. The molecule has 140 valence electrons. The normalized spacial score (nSPS) is 13.8. The Bertz CT molecular complexity index is 1010. The van der Waals surface area contributed by atoms with E-state index in [4.69, 9.17) is 4.42 Å². The van der Waals surface area contributed by atoms with Crippen molar-refractivity contribution in [2.75, 3.05) is 10.0 Å². The second-order valence-corrected chi connectivity index (χ2v) is 8.44. The molecule has 27 heavy (non-hydrogen) atoms. The summed E-state index contributed by atoms with van der Waals surface area (Å²) in [4.78, 5) is 0.322. The molecule has 1 heterocycles. The molecule has 0 amide bonds. The van der Waals surface area contributed by atoms with Crippen molar-refractivity contribution in [2.24, 2.45) is 0 Å². The summed E-state index contributed by atoms with van der Waals surface area (Å²) in [7, 11) is -3.59. The zero-order valence-corrected chi connectivity index (χ0v) is 15.8. The molecule has 1 aromatic heterocycles. The quantitative estimate of drug-likeness (QED) is 0.655. The van der Waals surface area contributed by atoms with E-state index < -0.39 is 10.0 Å². The van der Waals surface area contributed by atoms with Crippen LogP contribution in [0.15, 0.2) is 70.2 Å². The SMILES string of the molecule is O=S(=O)(Nc1ccc(NCc2ccco2)cc1)c1ccc2c(c1)CCCC2. The number of anilines is 2. The van der Waals surface area contributed by atoms with E-state index in [-0.39, 0.29) is 0 Å². The van der Waals surface area contributed by atoms with Gasteiger partial charge in [-0.25, -0.2) is 8.42 Å². The lowest BCUT2D eigenvalue weighted by Gasteiger charge is -2.17. The lowest BCUT2D eigenvalue weighted by molar-refractivity contribution is 0.518. The second-order valence-electron chi connectivity index (χ2n) is 6.75. The van der Waals surface area contributed by atoms with E-state index in [1.165, 1.54) is 12.0 Å². The van der Waals surface area contributed by atoms with E-state index in [0.29, 0.717) is 17.1 Å². The number of fused-ring (bicyclic) bond motifs is 1. The Hall–Kier alpha value is -2.73. The third kappa shape index (κ3) is 4.17. The summed E-state index contributed by atoms with van der Waals surface area (Å²) in [5.74, 6) is 0.840. The molecule has 0 atom stereocenters. The first-order valence-electron chi connectivity index (χ1n) is 9.11. The van der Waals surface area contributed by atoms with Crippen LogP contribution in [0.4, 0.5) is 11.4 Å². The van der Waals surface area contributed by atoms with Crippen LogP contribution in [0, 0.1) is 0 Å². The number of nitrogens with one attached hydrogen (secondary N) is 2. The minimum absolute atomic E-state index is 0.322. The van der Waals surface area contributed by atoms with Crippen LogP contribution < -0.4 is 10.0 Å². The molecule has 0 spiro atoms. The lowest BCUT2D eigenvalue weighted by Crippen LogP contribution is -2.14. The second kappa shape index (κ2) is 7.48. The smallest absolute Gasteiger partial charge is 0.261 e. The summed E-state index contributed by atoms with van der Waals surface area (Å²) >= 11 is 0. The maximum atomic E-state index is 12.7. The van der Waals surface area contributed by atoms with Crippen LogP contribution in [-0.2, 0) is 29.4 Å². The first-order valence-corrected chi connectivity index (χ1v) is 10.6. The number of hydrogen-bond donors (Lipinski definition) is 2. The van der Waals surface area contributed by atoms with Crippen molar-refractivity contribution in [2.45, 2.75) is 37.1 Å². The van der Waals surface area contributed by atoms with Gasteiger partial charge in [-0.15, -0.1) is 0 Å². The van der Waals surface area contributed by atoms with Crippen LogP contribution in [0.25, 0.3) is 0 Å². The molecule has 6 heteroatoms. The Morgan fingerprint density at radius 3 is 2.37 bits per heavy atom. The number of aryl methyl sites for hydroxylation is 2. The molecule has 0 bridgehead atoms. The van der Waals surface area contributed by atoms with Crippen molar-refractivity contribution >= 4 is 21.4 Å². The highest BCUT2D eigenvalue weighted by Crippen LogP contribution is 2.25. The van der Waals surface area contributed by atoms with E-state index in [9.17, 15) is 8.42 Å². The fraction of sp³-hybridized carbons (Fsp3) is 0.238. The molecular formula is C21H22N2O3S. The summed E-state index contributed by atoms with van der Waals surface area (Å²) < 4.78 is 33.4. The van der Waals surface area contributed by atoms with Gasteiger partial charge in [-0.2, -0.15) is 0 Å². The Morgan fingerprint density at radius 1 is 0.889 bits per heavy atom. The summed E-state index contributed by atoms with van der Waals surface area (Å²) in [6, 6.07) is 16.4. The molecule has 0 aliphatic heterocycles. The predicted octanol–water partition coefficient (Wildman–Crippen LogP) is 4.57. The average Bonchev–Trinajstić information content (AvgIpc) is 3.20. The van der Waals surface area contributed by atoms with Gasteiger partial charge in [-0.3, -0.25) is 4.72 Å². The molecular weight excluding hydrogens is 360 g/mol. The van der Waals surface area contributed by atoms with Crippen LogP contribution in [0.2, 0.25) is 0 Å². The molecule has 1 aliphatic rings. The molecule has 4 rings (SSSR count). The van der Waals surface area contributed by atoms with Crippen LogP contribution in [0.1, 0.15) is 29.7 Å². The van der Waals surface area contributed by atoms with Gasteiger partial charge < -0.3 is 9.73 Å². The van der Waals surface area contributed by atoms with Crippen LogP contribution in [0.5, 0.6) is 0 Å². The third-order valence-corrected chi connectivity index (χ3v) is 6.19. The van der Waals surface area contributed by atoms with Crippen molar-refractivity contribution in [1.82, 2.24) is 0 Å². The van der Waals surface area contributed by atoms with Crippen molar-refractivity contribution in [3.8, 4) is 0 Å². The maximum Gasteiger partial charge on any atom is 0.261 e. The highest BCUT2D eigenvalue weighted by Gasteiger charge is 2.17. The molecule has 0 saturated heterocycles. The zero-order chi connectivity index (χ0) is 18.7. The third-order valence-electron chi connectivity index (χ3n) is 4.81. The topological polar surface area (TPSA) is 71.3 Å². The summed E-state index contributed by atoms with van der Waals surface area (Å²) in [5, 5.41) is 3.23. The number of rotatable bonds is 6. The van der Waals surface area contributed by atoms with Crippen molar-refractivity contribution < 1.29 is 12.8 Å². The van der Waals surface area contributed by atoms with Crippen molar-refractivity contribution in [3.05, 3.63) is 77.7 Å². The molecule has 3 aromatic rings. The van der Waals surface area contributed by atoms with E-state index >= 15 is 0 Å². The van der Waals surface area contributed by atoms with Gasteiger partial charge in [0, 0.05) is 11.4 Å². The number of hydrogen-bond acceptors (Lipinski definition) is 4. The van der Waals surface area contributed by atoms with Gasteiger partial charge >= 0.3 is 0 Å². The van der Waals surface area contributed by atoms with E-state index in [2.05, 4.69) is 10.0 Å². The number of sulfonamides is 1. The van der Waals surface area contributed by atoms with Gasteiger partial charge in [0.25, 0.3) is 10.0 Å². The molecule has 2 N–H and O–H groups in total. The highest BCUT2D eigenvalue weighted by atomic mass is 32.2. The van der Waals surface area contributed by atoms with Crippen LogP contribution in [0.3, 0.4) is 0 Å². The van der Waals surface area contributed by atoms with Gasteiger partial charge in [-0.05, 0) is 85.3 Å². The van der Waals surface area contributed by atoms with Gasteiger partial charge in [-0.1, -0.05) is 6.07 Å². The van der Waals surface area contributed by atoms with Crippen LogP contribution >= 0.6 is 0 Å². The fourth-order valence-electron chi connectivity index (χ4n) is 3.35. The Kier molecular flexibility index (Phi) is 4.90. The van der Waals surface area contributed by atoms with Gasteiger partial charge in [0.15, 0.2) is 0 Å². The van der Waals surface area contributed by atoms with E-state index in [1.54, 1.807) is 24.5 Å². The fourth-order valence-corrected chi connectivity index (χ4v) is 4.46. The molecule has 2 aromatic carbocycles. The number of benzene rings is 2. The number of furan rings is 1. The average molecular weight is 382 g/mol. The summed E-state index contributed by atoms with van der Waals surface area (Å²) in [6.07, 6.45) is 5.92. The van der Waals surface area contributed by atoms with E-state index in [1.807, 2.05) is 36.4 Å². The maximum absolute atomic E-state index is 12.7. The molecule has 5 nitrogen and oxygen atoms in total. The molecule has 0 unspecified atom stereocenters. The molecule has 0 radical (unpaired) electrons. The van der Waals surface area contributed by atoms with Crippen LogP contribution in [-0.4, -0.2) is 8.42 Å². The van der Waals surface area contributed by atoms with Crippen molar-refractivity contribution in [3.63, 3.8) is 0 Å². The standard InChI is InChI=1S/C21H22N2O3S/c24-27(25,21-12-7-16-4-1-2-5-17(16)14-21)23-19-10-8-18(9-11-19)22-15-20-6-3-13-26-20/h3,6-14,22-23H,1-2,4-5,15H2. The first kappa shape index (κ1) is 17.7. The monoisotopic (exact) mass is 382 g/mol. The highest BCUT2D eigenvalue weighted by molar-refractivity contribution is 7.92.